The molecular weight excluding hydrogens is 334 g/mol. The van der Waals surface area contributed by atoms with E-state index in [9.17, 15) is 4.79 Å². The summed E-state index contributed by atoms with van der Waals surface area (Å²) < 4.78 is 6.42. The maximum absolute atomic E-state index is 12.4. The third kappa shape index (κ3) is 8.30. The van der Waals surface area contributed by atoms with E-state index in [4.69, 9.17) is 4.74 Å². The van der Waals surface area contributed by atoms with Gasteiger partial charge in [0.25, 0.3) is 0 Å². The lowest BCUT2D eigenvalue weighted by atomic mass is 10.0. The van der Waals surface area contributed by atoms with E-state index in [1.807, 2.05) is 0 Å². The van der Waals surface area contributed by atoms with Crippen LogP contribution in [0.15, 0.2) is 42.0 Å². The largest absolute Gasteiger partial charge is 0.462 e. The normalized spacial score (nSPS) is 16.9. The van der Waals surface area contributed by atoms with Crippen LogP contribution >= 0.6 is 0 Å². The van der Waals surface area contributed by atoms with Crippen molar-refractivity contribution in [3.05, 3.63) is 47.5 Å². The van der Waals surface area contributed by atoms with E-state index in [0.29, 0.717) is 13.2 Å². The zero-order valence-corrected chi connectivity index (χ0v) is 17.4. The van der Waals surface area contributed by atoms with Gasteiger partial charge in [-0.05, 0) is 50.7 Å². The van der Waals surface area contributed by atoms with Crippen LogP contribution in [0.25, 0.3) is 0 Å². The number of likely N-dealkylation sites (tertiary alicyclic amines) is 1. The first kappa shape index (κ1) is 21.7. The van der Waals surface area contributed by atoms with Gasteiger partial charge >= 0.3 is 5.97 Å². The van der Waals surface area contributed by atoms with Crippen molar-refractivity contribution in [1.82, 2.24) is 0 Å². The number of quaternary nitrogens is 1. The third-order valence-corrected chi connectivity index (χ3v) is 5.64. The van der Waals surface area contributed by atoms with Crippen LogP contribution in [0.3, 0.4) is 0 Å². The number of piperidine rings is 1. The molecule has 1 heterocycles. The summed E-state index contributed by atoms with van der Waals surface area (Å²) in [4.78, 5) is 12.4. The second-order valence-electron chi connectivity index (χ2n) is 8.18. The van der Waals surface area contributed by atoms with Gasteiger partial charge < -0.3 is 9.22 Å². The summed E-state index contributed by atoms with van der Waals surface area (Å²) in [5.41, 5.74) is 2.74. The Kier molecular flexibility index (Phi) is 9.61. The Bertz CT molecular complexity index is 573. The number of hydrogen-bond donors (Lipinski definition) is 0. The lowest BCUT2D eigenvalue weighted by molar-refractivity contribution is -0.920. The molecule has 0 aliphatic carbocycles. The fourth-order valence-electron chi connectivity index (χ4n) is 3.96. The van der Waals surface area contributed by atoms with Gasteiger partial charge in [-0.25, -0.2) is 4.79 Å². The fraction of sp³-hybridized carbons (Fsp3) is 0.625. The number of esters is 1. The molecule has 0 atom stereocenters. The molecule has 0 spiro atoms. The molecule has 0 saturated carbocycles. The molecule has 1 aliphatic heterocycles. The van der Waals surface area contributed by atoms with Crippen LogP contribution in [-0.4, -0.2) is 43.2 Å². The van der Waals surface area contributed by atoms with Gasteiger partial charge in [0.2, 0.25) is 0 Å². The Balaban J connectivity index is 1.87. The Morgan fingerprint density at radius 3 is 2.52 bits per heavy atom. The maximum Gasteiger partial charge on any atom is 0.361 e. The number of nitrogens with zero attached hydrogens (tertiary/aromatic N) is 1. The lowest BCUT2D eigenvalue weighted by Crippen LogP contribution is -2.54. The van der Waals surface area contributed by atoms with Gasteiger partial charge in [0.15, 0.2) is 6.54 Å². The fourth-order valence-corrected chi connectivity index (χ4v) is 3.96. The Morgan fingerprint density at radius 1 is 1.07 bits per heavy atom. The van der Waals surface area contributed by atoms with Crippen molar-refractivity contribution in [3.63, 3.8) is 0 Å². The molecule has 0 radical (unpaired) electrons. The molecule has 2 rings (SSSR count). The summed E-state index contributed by atoms with van der Waals surface area (Å²) in [5, 5.41) is 0. The number of benzene rings is 1. The smallest absolute Gasteiger partial charge is 0.361 e. The van der Waals surface area contributed by atoms with E-state index in [2.05, 4.69) is 50.3 Å². The first-order chi connectivity index (χ1) is 13.1. The number of carbonyl (C=O) groups excluding carboxylic acids is 1. The van der Waals surface area contributed by atoms with Crippen molar-refractivity contribution in [2.75, 3.05) is 32.8 Å². The first-order valence-corrected chi connectivity index (χ1v) is 10.8. The average Bonchev–Trinajstić information content (AvgIpc) is 2.68. The minimum atomic E-state index is -0.0116. The Labute approximate surface area is 166 Å². The second kappa shape index (κ2) is 12.0. The summed E-state index contributed by atoms with van der Waals surface area (Å²) >= 11 is 0. The maximum atomic E-state index is 12.4. The molecule has 1 saturated heterocycles. The third-order valence-electron chi connectivity index (χ3n) is 5.64. The second-order valence-corrected chi connectivity index (χ2v) is 8.18. The topological polar surface area (TPSA) is 26.3 Å². The number of allylic oxidation sites excluding steroid dienone is 1. The van der Waals surface area contributed by atoms with Gasteiger partial charge in [-0.1, -0.05) is 62.1 Å². The van der Waals surface area contributed by atoms with E-state index >= 15 is 0 Å². The molecule has 0 unspecified atom stereocenters. The van der Waals surface area contributed by atoms with Crippen LogP contribution in [0.1, 0.15) is 64.4 Å². The van der Waals surface area contributed by atoms with Gasteiger partial charge in [0, 0.05) is 0 Å². The summed E-state index contributed by atoms with van der Waals surface area (Å²) in [6.07, 6.45) is 11.7. The van der Waals surface area contributed by atoms with Crippen LogP contribution in [0.5, 0.6) is 0 Å². The van der Waals surface area contributed by atoms with Crippen molar-refractivity contribution in [2.24, 2.45) is 0 Å². The van der Waals surface area contributed by atoms with E-state index in [0.717, 1.165) is 43.4 Å². The van der Waals surface area contributed by atoms with Gasteiger partial charge in [0.1, 0.15) is 0 Å². The molecule has 1 aromatic carbocycles. The van der Waals surface area contributed by atoms with Crippen molar-refractivity contribution in [1.29, 1.82) is 0 Å². The number of rotatable bonds is 11. The molecule has 0 bridgehead atoms. The number of hydrogen-bond acceptors (Lipinski definition) is 2. The molecule has 150 valence electrons. The highest BCUT2D eigenvalue weighted by Crippen LogP contribution is 2.20. The molecule has 27 heavy (non-hydrogen) atoms. The van der Waals surface area contributed by atoms with Gasteiger partial charge in [-0.3, -0.25) is 0 Å². The molecule has 3 nitrogen and oxygen atoms in total. The molecular formula is C24H38NO2+. The lowest BCUT2D eigenvalue weighted by Gasteiger charge is -2.40. The number of unbranched alkanes of at least 4 members (excludes halogenated alkanes) is 3. The predicted octanol–water partition coefficient (Wildman–Crippen LogP) is 5.30. The van der Waals surface area contributed by atoms with Crippen molar-refractivity contribution in [2.45, 2.75) is 65.2 Å². The number of ether oxygens (including phenoxy) is 1. The highest BCUT2D eigenvalue weighted by molar-refractivity contribution is 5.70. The summed E-state index contributed by atoms with van der Waals surface area (Å²) in [5.74, 6) is -0.0116. The molecule has 1 fully saturated rings. The minimum absolute atomic E-state index is 0.0116. The SMILES string of the molecule is CCCCCCOC(=O)C[N+]1(C/C=C(/C)Cc2ccccc2)CCCCC1. The Hall–Kier alpha value is -1.61. The van der Waals surface area contributed by atoms with Crippen LogP contribution in [0.4, 0.5) is 0 Å². The van der Waals surface area contributed by atoms with Crippen molar-refractivity contribution in [3.8, 4) is 0 Å². The standard InChI is InChI=1S/C24H38NO2/c1-3-4-5-12-19-27-24(26)21-25(16-10-7-11-17-25)18-15-22(2)20-23-13-8-6-9-14-23/h6,8-9,13-15H,3-5,7,10-12,16-21H2,1-2H3/q+1/b22-15-. The molecule has 0 N–H and O–H groups in total. The van der Waals surface area contributed by atoms with Crippen molar-refractivity contribution < 1.29 is 14.0 Å². The van der Waals surface area contributed by atoms with Gasteiger partial charge in [0.05, 0.1) is 26.2 Å². The van der Waals surface area contributed by atoms with E-state index in [1.165, 1.54) is 43.2 Å². The van der Waals surface area contributed by atoms with Gasteiger partial charge in [-0.2, -0.15) is 0 Å². The highest BCUT2D eigenvalue weighted by atomic mass is 16.5. The zero-order valence-electron chi connectivity index (χ0n) is 17.4. The highest BCUT2D eigenvalue weighted by Gasteiger charge is 2.32. The molecule has 1 aliphatic rings. The van der Waals surface area contributed by atoms with Crippen LogP contribution in [0.2, 0.25) is 0 Å². The van der Waals surface area contributed by atoms with E-state index in [1.54, 1.807) is 0 Å². The average molecular weight is 373 g/mol. The van der Waals surface area contributed by atoms with Gasteiger partial charge in [-0.15, -0.1) is 0 Å². The molecule has 0 amide bonds. The molecule has 1 aromatic rings. The van der Waals surface area contributed by atoms with Crippen LogP contribution in [-0.2, 0) is 16.0 Å². The molecule has 3 heteroatoms. The number of carbonyl (C=O) groups is 1. The quantitative estimate of drug-likeness (QED) is 0.228. The Morgan fingerprint density at radius 2 is 1.81 bits per heavy atom. The summed E-state index contributed by atoms with van der Waals surface area (Å²) in [7, 11) is 0. The molecule has 0 aromatic heterocycles. The van der Waals surface area contributed by atoms with E-state index in [-0.39, 0.29) is 5.97 Å². The van der Waals surface area contributed by atoms with E-state index < -0.39 is 0 Å². The zero-order chi connectivity index (χ0) is 19.4. The van der Waals surface area contributed by atoms with Crippen LogP contribution < -0.4 is 0 Å². The minimum Gasteiger partial charge on any atom is -0.462 e. The first-order valence-electron chi connectivity index (χ1n) is 10.8. The summed E-state index contributed by atoms with van der Waals surface area (Å²) in [6, 6.07) is 10.6. The van der Waals surface area contributed by atoms with Crippen molar-refractivity contribution >= 4 is 5.97 Å². The monoisotopic (exact) mass is 372 g/mol. The predicted molar refractivity (Wildman–Crippen MR) is 113 cm³/mol. The summed E-state index contributed by atoms with van der Waals surface area (Å²) in [6.45, 7) is 8.66. The van der Waals surface area contributed by atoms with Crippen LogP contribution in [0, 0.1) is 0 Å².